The smallest absolute Gasteiger partial charge is 0.323 e. The van der Waals surface area contributed by atoms with Crippen molar-refractivity contribution in [3.63, 3.8) is 0 Å². The predicted octanol–water partition coefficient (Wildman–Crippen LogP) is 1.23. The Morgan fingerprint density at radius 3 is 1.80 bits per heavy atom. The highest BCUT2D eigenvalue weighted by atomic mass is 16.4. The maximum atomic E-state index is 12.3. The third-order valence-electron chi connectivity index (χ3n) is 3.60. The van der Waals surface area contributed by atoms with E-state index in [1.807, 2.05) is 0 Å². The summed E-state index contributed by atoms with van der Waals surface area (Å²) in [4.78, 5) is 36.1. The fourth-order valence-corrected chi connectivity index (χ4v) is 2.54. The fraction of sp³-hybridized carbons (Fsp3) is 0.769. The maximum absolute atomic E-state index is 12.3. The number of nitrogens with zero attached hydrogens (tertiary/aromatic N) is 2. The molecule has 1 aliphatic carbocycles. The lowest BCUT2D eigenvalue weighted by molar-refractivity contribution is -0.140. The van der Waals surface area contributed by atoms with Crippen molar-refractivity contribution in [1.82, 2.24) is 9.80 Å². The zero-order valence-corrected chi connectivity index (χ0v) is 11.7. The summed E-state index contributed by atoms with van der Waals surface area (Å²) < 4.78 is 0. The van der Waals surface area contributed by atoms with Crippen LogP contribution >= 0.6 is 0 Å². The van der Waals surface area contributed by atoms with E-state index in [0.717, 1.165) is 43.4 Å². The van der Waals surface area contributed by atoms with Gasteiger partial charge < -0.3 is 20.0 Å². The number of rotatable bonds is 5. The summed E-state index contributed by atoms with van der Waals surface area (Å²) in [5, 5.41) is 17.6. The molecule has 7 nitrogen and oxygen atoms in total. The maximum Gasteiger partial charge on any atom is 0.323 e. The lowest BCUT2D eigenvalue weighted by Crippen LogP contribution is -2.49. The summed E-state index contributed by atoms with van der Waals surface area (Å²) in [6.45, 7) is -1.19. The van der Waals surface area contributed by atoms with E-state index in [0.29, 0.717) is 0 Å². The molecule has 0 aromatic carbocycles. The Morgan fingerprint density at radius 2 is 1.40 bits per heavy atom. The number of carboxylic acids is 2. The third-order valence-corrected chi connectivity index (χ3v) is 3.60. The summed E-state index contributed by atoms with van der Waals surface area (Å²) in [6, 6.07) is -0.461. The minimum Gasteiger partial charge on any atom is -0.480 e. The number of urea groups is 1. The van der Waals surface area contributed by atoms with Gasteiger partial charge in [0.1, 0.15) is 13.1 Å². The van der Waals surface area contributed by atoms with E-state index < -0.39 is 31.1 Å². The molecule has 0 aliphatic heterocycles. The van der Waals surface area contributed by atoms with Crippen LogP contribution < -0.4 is 0 Å². The first-order chi connectivity index (χ1) is 9.41. The standard InChI is InChI=1S/C13H22N2O5/c1-14(10-6-4-2-3-5-7-10)13(20)15(8-11(16)17)9-12(18)19/h10H,2-9H2,1H3,(H,16,17)(H,18,19). The number of hydrogen-bond donors (Lipinski definition) is 2. The topological polar surface area (TPSA) is 98.2 Å². The van der Waals surface area contributed by atoms with Crippen LogP contribution in [0.5, 0.6) is 0 Å². The molecule has 0 saturated heterocycles. The van der Waals surface area contributed by atoms with Crippen molar-refractivity contribution >= 4 is 18.0 Å². The second-order valence-electron chi connectivity index (χ2n) is 5.18. The number of amides is 2. The van der Waals surface area contributed by atoms with Gasteiger partial charge in [-0.15, -0.1) is 0 Å². The van der Waals surface area contributed by atoms with Gasteiger partial charge in [0.05, 0.1) is 0 Å². The van der Waals surface area contributed by atoms with E-state index in [1.54, 1.807) is 7.05 Å². The van der Waals surface area contributed by atoms with Gasteiger partial charge in [0.15, 0.2) is 0 Å². The van der Waals surface area contributed by atoms with Crippen LogP contribution in [0.25, 0.3) is 0 Å². The quantitative estimate of drug-likeness (QED) is 0.741. The normalized spacial score (nSPS) is 16.2. The Balaban J connectivity index is 2.70. The minimum atomic E-state index is -1.21. The highest BCUT2D eigenvalue weighted by Crippen LogP contribution is 2.21. The lowest BCUT2D eigenvalue weighted by atomic mass is 10.1. The molecule has 0 aromatic heterocycles. The number of carbonyl (C=O) groups is 3. The van der Waals surface area contributed by atoms with Crippen molar-refractivity contribution in [3.8, 4) is 0 Å². The fourth-order valence-electron chi connectivity index (χ4n) is 2.54. The SMILES string of the molecule is CN(C(=O)N(CC(=O)O)CC(=O)O)C1CCCCCC1. The van der Waals surface area contributed by atoms with Crippen LogP contribution in [0, 0.1) is 0 Å². The minimum absolute atomic E-state index is 0.0649. The molecular formula is C13H22N2O5. The Bertz CT molecular complexity index is 348. The molecule has 0 atom stereocenters. The summed E-state index contributed by atoms with van der Waals surface area (Å²) >= 11 is 0. The molecule has 0 unspecified atom stereocenters. The Hall–Kier alpha value is -1.79. The molecule has 0 aromatic rings. The van der Waals surface area contributed by atoms with E-state index in [1.165, 1.54) is 4.90 Å². The second kappa shape index (κ2) is 7.72. The molecule has 1 saturated carbocycles. The van der Waals surface area contributed by atoms with E-state index in [9.17, 15) is 14.4 Å². The average Bonchev–Trinajstić information content (AvgIpc) is 2.63. The first-order valence-electron chi connectivity index (χ1n) is 6.87. The van der Waals surface area contributed by atoms with Crippen molar-refractivity contribution in [2.45, 2.75) is 44.6 Å². The van der Waals surface area contributed by atoms with Gasteiger partial charge in [0.25, 0.3) is 0 Å². The predicted molar refractivity (Wildman–Crippen MR) is 71.5 cm³/mol. The van der Waals surface area contributed by atoms with Gasteiger partial charge in [-0.05, 0) is 12.8 Å². The van der Waals surface area contributed by atoms with Gasteiger partial charge in [-0.3, -0.25) is 9.59 Å². The Labute approximate surface area is 118 Å². The average molecular weight is 286 g/mol. The van der Waals surface area contributed by atoms with Crippen LogP contribution in [0.4, 0.5) is 4.79 Å². The summed E-state index contributed by atoms with van der Waals surface area (Å²) in [5.41, 5.74) is 0. The molecule has 7 heteroatoms. The van der Waals surface area contributed by atoms with Gasteiger partial charge in [-0.25, -0.2) is 4.79 Å². The largest absolute Gasteiger partial charge is 0.480 e. The molecule has 114 valence electrons. The number of hydrogen-bond acceptors (Lipinski definition) is 3. The van der Waals surface area contributed by atoms with Gasteiger partial charge in [0, 0.05) is 13.1 Å². The summed E-state index contributed by atoms with van der Waals surface area (Å²) in [6.07, 6.45) is 6.14. The van der Waals surface area contributed by atoms with Crippen LogP contribution in [0.1, 0.15) is 38.5 Å². The van der Waals surface area contributed by atoms with Crippen LogP contribution in [0.2, 0.25) is 0 Å². The van der Waals surface area contributed by atoms with Crippen molar-refractivity contribution in [3.05, 3.63) is 0 Å². The second-order valence-corrected chi connectivity index (χ2v) is 5.18. The molecule has 0 bridgehead atoms. The number of carbonyl (C=O) groups excluding carboxylic acids is 1. The zero-order chi connectivity index (χ0) is 15.1. The molecule has 2 amide bonds. The van der Waals surface area contributed by atoms with Crippen molar-refractivity contribution in [2.24, 2.45) is 0 Å². The van der Waals surface area contributed by atoms with Crippen molar-refractivity contribution < 1.29 is 24.6 Å². The molecule has 0 radical (unpaired) electrons. The van der Waals surface area contributed by atoms with Gasteiger partial charge >= 0.3 is 18.0 Å². The van der Waals surface area contributed by atoms with Crippen molar-refractivity contribution in [1.29, 1.82) is 0 Å². The monoisotopic (exact) mass is 286 g/mol. The first-order valence-corrected chi connectivity index (χ1v) is 6.87. The lowest BCUT2D eigenvalue weighted by Gasteiger charge is -2.31. The molecule has 1 fully saturated rings. The third kappa shape index (κ3) is 5.07. The van der Waals surface area contributed by atoms with E-state index in [4.69, 9.17) is 10.2 Å². The van der Waals surface area contributed by atoms with E-state index in [-0.39, 0.29) is 6.04 Å². The summed E-state index contributed by atoms with van der Waals surface area (Å²) in [5.74, 6) is -2.43. The Morgan fingerprint density at radius 1 is 0.950 bits per heavy atom. The molecule has 2 N–H and O–H groups in total. The van der Waals surface area contributed by atoms with E-state index >= 15 is 0 Å². The zero-order valence-electron chi connectivity index (χ0n) is 11.7. The van der Waals surface area contributed by atoms with Crippen LogP contribution in [-0.4, -0.2) is 64.2 Å². The molecule has 1 rings (SSSR count). The van der Waals surface area contributed by atoms with Gasteiger partial charge in [0.2, 0.25) is 0 Å². The van der Waals surface area contributed by atoms with Gasteiger partial charge in [-0.1, -0.05) is 25.7 Å². The van der Waals surface area contributed by atoms with E-state index in [2.05, 4.69) is 0 Å². The highest BCUT2D eigenvalue weighted by Gasteiger charge is 2.27. The Kier molecular flexibility index (Phi) is 6.27. The van der Waals surface area contributed by atoms with Crippen LogP contribution in [0.3, 0.4) is 0 Å². The molecule has 1 aliphatic rings. The molecular weight excluding hydrogens is 264 g/mol. The van der Waals surface area contributed by atoms with Crippen LogP contribution in [-0.2, 0) is 9.59 Å². The van der Waals surface area contributed by atoms with Gasteiger partial charge in [-0.2, -0.15) is 0 Å². The van der Waals surface area contributed by atoms with Crippen LogP contribution in [0.15, 0.2) is 0 Å². The first kappa shape index (κ1) is 16.3. The number of aliphatic carboxylic acids is 2. The summed E-state index contributed by atoms with van der Waals surface area (Å²) in [7, 11) is 1.62. The van der Waals surface area contributed by atoms with Crippen molar-refractivity contribution in [2.75, 3.05) is 20.1 Å². The molecule has 20 heavy (non-hydrogen) atoms. The molecule has 0 spiro atoms. The highest BCUT2D eigenvalue weighted by molar-refractivity contribution is 5.84. The number of carboxylic acid groups (broad SMARTS) is 2. The molecule has 0 heterocycles.